The molecule has 27 heavy (non-hydrogen) atoms. The molecule has 0 bridgehead atoms. The van der Waals surface area contributed by atoms with Gasteiger partial charge in [-0.3, -0.25) is 9.36 Å². The average Bonchev–Trinajstić information content (AvgIpc) is 3.14. The summed E-state index contributed by atoms with van der Waals surface area (Å²) in [6.45, 7) is 0. The number of esters is 1. The number of ether oxygens (including phenoxy) is 1. The van der Waals surface area contributed by atoms with Crippen molar-refractivity contribution in [1.82, 2.24) is 4.57 Å². The molecule has 0 unspecified atom stereocenters. The minimum atomic E-state index is -0.573. The zero-order valence-electron chi connectivity index (χ0n) is 14.9. The first-order valence-corrected chi connectivity index (χ1v) is 9.76. The number of thioether (sulfide) groups is 1. The van der Waals surface area contributed by atoms with Gasteiger partial charge in [-0.05, 0) is 23.1 Å². The molecule has 4 nitrogen and oxygen atoms in total. The van der Waals surface area contributed by atoms with Crippen LogP contribution in [0.5, 0.6) is 0 Å². The molecule has 0 saturated carbocycles. The lowest BCUT2D eigenvalue weighted by molar-refractivity contribution is -0.143. The fourth-order valence-corrected chi connectivity index (χ4v) is 4.85. The van der Waals surface area contributed by atoms with Crippen molar-refractivity contribution in [3.8, 4) is 11.1 Å². The Morgan fingerprint density at radius 2 is 1.78 bits per heavy atom. The third-order valence-corrected chi connectivity index (χ3v) is 5.91. The van der Waals surface area contributed by atoms with E-state index in [1.807, 2.05) is 48.5 Å². The number of benzene rings is 2. The van der Waals surface area contributed by atoms with Crippen LogP contribution in [-0.4, -0.2) is 23.4 Å². The maximum absolute atomic E-state index is 12.9. The molecule has 1 aliphatic rings. The first-order chi connectivity index (χ1) is 13.2. The van der Waals surface area contributed by atoms with E-state index in [-0.39, 0.29) is 11.5 Å². The smallest absolute Gasteiger partial charge is 0.329 e. The molecule has 0 saturated heterocycles. The highest BCUT2D eigenvalue weighted by Gasteiger charge is 2.33. The Morgan fingerprint density at radius 3 is 2.44 bits per heavy atom. The lowest BCUT2D eigenvalue weighted by Crippen LogP contribution is -2.30. The lowest BCUT2D eigenvalue weighted by atomic mass is 9.96. The number of pyridine rings is 1. The zero-order chi connectivity index (χ0) is 18.8. The van der Waals surface area contributed by atoms with Crippen molar-refractivity contribution in [2.45, 2.75) is 17.5 Å². The minimum Gasteiger partial charge on any atom is -0.467 e. The minimum absolute atomic E-state index is 0.156. The molecule has 0 fully saturated rings. The van der Waals surface area contributed by atoms with Crippen molar-refractivity contribution in [1.29, 1.82) is 0 Å². The number of nitrogens with zero attached hydrogens (tertiary/aromatic N) is 1. The Hall–Kier alpha value is -2.79. The first kappa shape index (κ1) is 17.6. The molecular formula is C22H19NO3S. The number of hydrogen-bond acceptors (Lipinski definition) is 4. The second kappa shape index (κ2) is 7.45. The van der Waals surface area contributed by atoms with Crippen LogP contribution in [0.1, 0.15) is 17.2 Å². The predicted octanol–water partition coefficient (Wildman–Crippen LogP) is 3.93. The van der Waals surface area contributed by atoms with E-state index in [2.05, 4.69) is 12.1 Å². The molecule has 0 spiro atoms. The quantitative estimate of drug-likeness (QED) is 0.647. The SMILES string of the molecule is COC(=O)[C@@H]1CSc2c(-c3ccccc3)c(Cc3ccccc3)cc(=O)n21. The number of aromatic nitrogens is 1. The summed E-state index contributed by atoms with van der Waals surface area (Å²) in [5.74, 6) is 0.134. The Kier molecular flexibility index (Phi) is 4.86. The summed E-state index contributed by atoms with van der Waals surface area (Å²) in [6, 6.07) is 21.2. The molecule has 1 aliphatic heterocycles. The van der Waals surface area contributed by atoms with E-state index >= 15 is 0 Å². The van der Waals surface area contributed by atoms with E-state index in [1.165, 1.54) is 7.11 Å². The molecule has 4 rings (SSSR count). The van der Waals surface area contributed by atoms with Crippen LogP contribution in [-0.2, 0) is 16.0 Å². The lowest BCUT2D eigenvalue weighted by Gasteiger charge is -2.17. The largest absolute Gasteiger partial charge is 0.467 e. The normalized spacial score (nSPS) is 15.4. The molecule has 1 atom stereocenters. The van der Waals surface area contributed by atoms with Crippen molar-refractivity contribution in [2.75, 3.05) is 12.9 Å². The number of rotatable bonds is 4. The summed E-state index contributed by atoms with van der Waals surface area (Å²) < 4.78 is 6.50. The summed E-state index contributed by atoms with van der Waals surface area (Å²) in [7, 11) is 1.36. The van der Waals surface area contributed by atoms with Crippen LogP contribution >= 0.6 is 11.8 Å². The Balaban J connectivity index is 1.91. The van der Waals surface area contributed by atoms with E-state index in [0.29, 0.717) is 12.2 Å². The van der Waals surface area contributed by atoms with Gasteiger partial charge in [0.05, 0.1) is 12.1 Å². The summed E-state index contributed by atoms with van der Waals surface area (Å²) in [4.78, 5) is 25.0. The molecule has 0 N–H and O–H groups in total. The highest BCUT2D eigenvalue weighted by atomic mass is 32.2. The second-order valence-corrected chi connectivity index (χ2v) is 7.45. The van der Waals surface area contributed by atoms with Crippen molar-refractivity contribution in [2.24, 2.45) is 0 Å². The van der Waals surface area contributed by atoms with Gasteiger partial charge in [0.25, 0.3) is 5.56 Å². The van der Waals surface area contributed by atoms with Gasteiger partial charge >= 0.3 is 5.97 Å². The van der Waals surface area contributed by atoms with Gasteiger partial charge in [-0.25, -0.2) is 4.79 Å². The molecule has 0 aliphatic carbocycles. The highest BCUT2D eigenvalue weighted by Crippen LogP contribution is 2.41. The van der Waals surface area contributed by atoms with Gasteiger partial charge < -0.3 is 4.74 Å². The molecule has 5 heteroatoms. The number of carbonyl (C=O) groups excluding carboxylic acids is 1. The summed E-state index contributed by atoms with van der Waals surface area (Å²) in [5.41, 5.74) is 4.03. The molecule has 0 amide bonds. The highest BCUT2D eigenvalue weighted by molar-refractivity contribution is 7.99. The van der Waals surface area contributed by atoms with Crippen LogP contribution in [0.2, 0.25) is 0 Å². The maximum atomic E-state index is 12.9. The van der Waals surface area contributed by atoms with Crippen LogP contribution in [0.15, 0.2) is 76.6 Å². The fourth-order valence-electron chi connectivity index (χ4n) is 3.50. The number of methoxy groups -OCH3 is 1. The van der Waals surface area contributed by atoms with Crippen LogP contribution in [0.25, 0.3) is 11.1 Å². The third-order valence-electron chi connectivity index (χ3n) is 4.75. The van der Waals surface area contributed by atoms with Gasteiger partial charge in [0.15, 0.2) is 0 Å². The Morgan fingerprint density at radius 1 is 1.11 bits per heavy atom. The van der Waals surface area contributed by atoms with Crippen molar-refractivity contribution in [3.05, 3.63) is 88.2 Å². The first-order valence-electron chi connectivity index (χ1n) is 8.77. The topological polar surface area (TPSA) is 48.3 Å². The van der Waals surface area contributed by atoms with Gasteiger partial charge in [-0.15, -0.1) is 11.8 Å². The summed E-state index contributed by atoms with van der Waals surface area (Å²) >= 11 is 1.54. The molecule has 0 radical (unpaired) electrons. The third kappa shape index (κ3) is 3.30. The molecule has 3 aromatic rings. The average molecular weight is 377 g/mol. The standard InChI is InChI=1S/C22H19NO3S/c1-26-22(25)18-14-27-21-20(16-10-6-3-7-11-16)17(13-19(24)23(18)21)12-15-8-4-2-5-9-15/h2-11,13,18H,12,14H2,1H3/t18-/m0/s1. The van der Waals surface area contributed by atoms with Crippen molar-refractivity contribution in [3.63, 3.8) is 0 Å². The van der Waals surface area contributed by atoms with Crippen LogP contribution in [0, 0.1) is 0 Å². The van der Waals surface area contributed by atoms with Gasteiger partial charge in [0.1, 0.15) is 6.04 Å². The van der Waals surface area contributed by atoms with Crippen molar-refractivity contribution >= 4 is 17.7 Å². The summed E-state index contributed by atoms with van der Waals surface area (Å²) in [6.07, 6.45) is 0.664. The van der Waals surface area contributed by atoms with E-state index in [1.54, 1.807) is 22.4 Å². The van der Waals surface area contributed by atoms with E-state index < -0.39 is 6.04 Å². The van der Waals surface area contributed by atoms with E-state index in [9.17, 15) is 9.59 Å². The van der Waals surface area contributed by atoms with E-state index in [4.69, 9.17) is 4.74 Å². The number of fused-ring (bicyclic) bond motifs is 1. The van der Waals surface area contributed by atoms with Gasteiger partial charge in [0, 0.05) is 17.4 Å². The molecular weight excluding hydrogens is 358 g/mol. The Labute approximate surface area is 161 Å². The molecule has 136 valence electrons. The van der Waals surface area contributed by atoms with Gasteiger partial charge in [-0.2, -0.15) is 0 Å². The Bertz CT molecular complexity index is 1030. The fraction of sp³-hybridized carbons (Fsp3) is 0.182. The second-order valence-electron chi connectivity index (χ2n) is 6.44. The molecule has 2 aromatic carbocycles. The van der Waals surface area contributed by atoms with Crippen LogP contribution < -0.4 is 5.56 Å². The van der Waals surface area contributed by atoms with Gasteiger partial charge in [0.2, 0.25) is 0 Å². The zero-order valence-corrected chi connectivity index (χ0v) is 15.7. The number of carbonyl (C=O) groups is 1. The van der Waals surface area contributed by atoms with Crippen molar-refractivity contribution < 1.29 is 9.53 Å². The summed E-state index contributed by atoms with van der Waals surface area (Å²) in [5, 5.41) is 0.843. The van der Waals surface area contributed by atoms with Gasteiger partial charge in [-0.1, -0.05) is 60.7 Å². The number of hydrogen-bond donors (Lipinski definition) is 0. The molecule has 1 aromatic heterocycles. The maximum Gasteiger partial charge on any atom is 0.329 e. The van der Waals surface area contributed by atoms with Crippen LogP contribution in [0.3, 0.4) is 0 Å². The van der Waals surface area contributed by atoms with Crippen LogP contribution in [0.4, 0.5) is 0 Å². The predicted molar refractivity (Wildman–Crippen MR) is 107 cm³/mol. The monoisotopic (exact) mass is 377 g/mol. The molecule has 2 heterocycles. The van der Waals surface area contributed by atoms with E-state index in [0.717, 1.165) is 27.3 Å².